The fraction of sp³-hybridized carbons (Fsp3) is 0. The first kappa shape index (κ1) is 11.5. The molecule has 0 radical (unpaired) electrons. The van der Waals surface area contributed by atoms with Crippen molar-refractivity contribution in [2.45, 2.75) is 0 Å². The molecule has 0 atom stereocenters. The van der Waals surface area contributed by atoms with Gasteiger partial charge in [0.2, 0.25) is 0 Å². The molecule has 2 nitrogen and oxygen atoms in total. The molecule has 0 amide bonds. The van der Waals surface area contributed by atoms with Crippen molar-refractivity contribution in [1.29, 1.82) is 0 Å². The number of nitrogens with zero attached hydrogens (tertiary/aromatic N) is 1. The smallest absolute Gasteiger partial charge is 0.166 e. The van der Waals surface area contributed by atoms with Crippen molar-refractivity contribution in [3.05, 3.63) is 78.5 Å². The lowest BCUT2D eigenvalue weighted by atomic mass is 10.1. The van der Waals surface area contributed by atoms with Crippen LogP contribution in [-0.2, 0) is 0 Å². The second-order valence-corrected chi connectivity index (χ2v) is 4.39. The zero-order valence-corrected chi connectivity index (χ0v) is 10.4. The Hall–Kier alpha value is -2.61. The highest BCUT2D eigenvalue weighted by atomic mass is 16.1. The first-order valence-corrected chi connectivity index (χ1v) is 6.11. The van der Waals surface area contributed by atoms with Crippen LogP contribution in [0.2, 0.25) is 0 Å². The van der Waals surface area contributed by atoms with Crippen LogP contribution in [0.5, 0.6) is 0 Å². The number of aromatic nitrogens is 1. The van der Waals surface area contributed by atoms with Gasteiger partial charge in [0.25, 0.3) is 0 Å². The highest BCUT2D eigenvalue weighted by Gasteiger charge is 2.11. The summed E-state index contributed by atoms with van der Waals surface area (Å²) in [6, 6.07) is 19.7. The van der Waals surface area contributed by atoms with E-state index in [2.05, 4.69) is 6.58 Å². The zero-order valence-electron chi connectivity index (χ0n) is 10.4. The molecule has 0 saturated heterocycles. The lowest BCUT2D eigenvalue weighted by Gasteiger charge is -2.11. The summed E-state index contributed by atoms with van der Waals surface area (Å²) >= 11 is 0. The molecule has 0 aliphatic rings. The minimum absolute atomic E-state index is 0.620. The van der Waals surface area contributed by atoms with E-state index in [1.807, 2.05) is 65.2 Å². The third-order valence-corrected chi connectivity index (χ3v) is 3.24. The lowest BCUT2D eigenvalue weighted by Crippen LogP contribution is -2.01. The molecule has 1 aromatic heterocycles. The molecule has 2 heteroatoms. The Balaban J connectivity index is 2.24. The van der Waals surface area contributed by atoms with Crippen molar-refractivity contribution in [3.8, 4) is 0 Å². The van der Waals surface area contributed by atoms with Crippen molar-refractivity contribution in [3.63, 3.8) is 0 Å². The van der Waals surface area contributed by atoms with Gasteiger partial charge in [-0.3, -0.25) is 4.79 Å². The van der Waals surface area contributed by atoms with E-state index >= 15 is 0 Å². The maximum atomic E-state index is 11.3. The van der Waals surface area contributed by atoms with Crippen LogP contribution in [0.15, 0.2) is 67.2 Å². The monoisotopic (exact) mass is 247 g/mol. The largest absolute Gasteiger partial charge is 0.307 e. The number of hydrogen-bond donors (Lipinski definition) is 0. The number of para-hydroxylation sites is 1. The molecule has 0 aliphatic carbocycles. The number of carbonyl (C=O) groups excluding carboxylic acids is 1. The van der Waals surface area contributed by atoms with Gasteiger partial charge < -0.3 is 4.57 Å². The Labute approximate surface area is 111 Å². The summed E-state index contributed by atoms with van der Waals surface area (Å²) in [4.78, 5) is 11.3. The van der Waals surface area contributed by atoms with E-state index in [0.29, 0.717) is 5.69 Å². The third kappa shape index (κ3) is 1.87. The molecule has 0 N–H and O–H groups in total. The lowest BCUT2D eigenvalue weighted by molar-refractivity contribution is 0.111. The van der Waals surface area contributed by atoms with Crippen LogP contribution in [-0.4, -0.2) is 10.9 Å². The van der Waals surface area contributed by atoms with Crippen molar-refractivity contribution < 1.29 is 4.79 Å². The van der Waals surface area contributed by atoms with Gasteiger partial charge in [0.05, 0.1) is 11.2 Å². The third-order valence-electron chi connectivity index (χ3n) is 3.24. The Kier molecular flexibility index (Phi) is 2.76. The van der Waals surface area contributed by atoms with Crippen LogP contribution in [0.3, 0.4) is 0 Å². The zero-order chi connectivity index (χ0) is 13.2. The van der Waals surface area contributed by atoms with Crippen LogP contribution in [0.25, 0.3) is 16.6 Å². The normalized spacial score (nSPS) is 10.5. The molecule has 0 saturated carbocycles. The summed E-state index contributed by atoms with van der Waals surface area (Å²) in [5.41, 5.74) is 3.43. The van der Waals surface area contributed by atoms with Gasteiger partial charge in [0.15, 0.2) is 6.29 Å². The molecule has 1 heterocycles. The number of hydrogen-bond acceptors (Lipinski definition) is 1. The van der Waals surface area contributed by atoms with Gasteiger partial charge in [0, 0.05) is 11.1 Å². The van der Waals surface area contributed by atoms with Gasteiger partial charge in [-0.25, -0.2) is 0 Å². The quantitative estimate of drug-likeness (QED) is 0.642. The second kappa shape index (κ2) is 4.58. The fourth-order valence-corrected chi connectivity index (χ4v) is 2.32. The minimum atomic E-state index is 0.620. The summed E-state index contributed by atoms with van der Waals surface area (Å²) in [7, 11) is 0. The molecular formula is C17H13NO. The Morgan fingerprint density at radius 1 is 1.00 bits per heavy atom. The predicted octanol–water partition coefficient (Wildman–Crippen LogP) is 3.97. The number of carbonyl (C=O) groups is 1. The van der Waals surface area contributed by atoms with E-state index in [1.54, 1.807) is 0 Å². The van der Waals surface area contributed by atoms with Crippen molar-refractivity contribution in [2.24, 2.45) is 0 Å². The molecule has 3 rings (SSSR count). The summed E-state index contributed by atoms with van der Waals surface area (Å²) in [5.74, 6) is 0. The fourth-order valence-electron chi connectivity index (χ4n) is 2.32. The van der Waals surface area contributed by atoms with E-state index in [-0.39, 0.29) is 0 Å². The minimum Gasteiger partial charge on any atom is -0.307 e. The van der Waals surface area contributed by atoms with Gasteiger partial charge in [0.1, 0.15) is 0 Å². The van der Waals surface area contributed by atoms with Gasteiger partial charge >= 0.3 is 0 Å². The molecule has 19 heavy (non-hydrogen) atoms. The van der Waals surface area contributed by atoms with Crippen LogP contribution in [0.1, 0.15) is 16.1 Å². The average molecular weight is 247 g/mol. The number of aldehydes is 1. The summed E-state index contributed by atoms with van der Waals surface area (Å²) in [5, 5.41) is 1.04. The van der Waals surface area contributed by atoms with Gasteiger partial charge in [-0.05, 0) is 17.7 Å². The summed E-state index contributed by atoms with van der Waals surface area (Å²) in [6.45, 7) is 4.13. The van der Waals surface area contributed by atoms with Crippen LogP contribution in [0.4, 0.5) is 0 Å². The SMILES string of the molecule is C=C(c1ccccc1)n1c(C=O)cc2ccccc21. The maximum absolute atomic E-state index is 11.3. The average Bonchev–Trinajstić information content (AvgIpc) is 2.86. The molecule has 0 unspecified atom stereocenters. The topological polar surface area (TPSA) is 22.0 Å². The number of fused-ring (bicyclic) bond motifs is 1. The molecule has 0 aliphatic heterocycles. The summed E-state index contributed by atoms with van der Waals surface area (Å²) < 4.78 is 1.90. The van der Waals surface area contributed by atoms with Gasteiger partial charge in [-0.15, -0.1) is 0 Å². The molecular weight excluding hydrogens is 234 g/mol. The van der Waals surface area contributed by atoms with Crippen LogP contribution < -0.4 is 0 Å². The molecule has 92 valence electrons. The predicted molar refractivity (Wildman–Crippen MR) is 78.2 cm³/mol. The van der Waals surface area contributed by atoms with E-state index in [1.165, 1.54) is 0 Å². The van der Waals surface area contributed by atoms with E-state index in [0.717, 1.165) is 28.4 Å². The Bertz CT molecular complexity index is 753. The van der Waals surface area contributed by atoms with Crippen molar-refractivity contribution in [2.75, 3.05) is 0 Å². The highest BCUT2D eigenvalue weighted by Crippen LogP contribution is 2.25. The Morgan fingerprint density at radius 2 is 1.68 bits per heavy atom. The first-order valence-electron chi connectivity index (χ1n) is 6.11. The summed E-state index contributed by atoms with van der Waals surface area (Å²) in [6.07, 6.45) is 0.869. The maximum Gasteiger partial charge on any atom is 0.166 e. The Morgan fingerprint density at radius 3 is 2.42 bits per heavy atom. The molecule has 2 aromatic carbocycles. The highest BCUT2D eigenvalue weighted by molar-refractivity contribution is 5.93. The van der Waals surface area contributed by atoms with E-state index < -0.39 is 0 Å². The van der Waals surface area contributed by atoms with Crippen LogP contribution in [0, 0.1) is 0 Å². The molecule has 3 aromatic rings. The van der Waals surface area contributed by atoms with E-state index in [4.69, 9.17) is 0 Å². The van der Waals surface area contributed by atoms with Gasteiger partial charge in [-0.2, -0.15) is 0 Å². The first-order chi connectivity index (χ1) is 9.31. The number of rotatable bonds is 3. The van der Waals surface area contributed by atoms with Crippen molar-refractivity contribution in [1.82, 2.24) is 4.57 Å². The van der Waals surface area contributed by atoms with Gasteiger partial charge in [-0.1, -0.05) is 55.1 Å². The standard InChI is InChI=1S/C17H13NO/c1-13(14-7-3-2-4-8-14)18-16(12-19)11-15-9-5-6-10-17(15)18/h2-12H,1H2. The second-order valence-electron chi connectivity index (χ2n) is 4.39. The number of benzene rings is 2. The molecule has 0 spiro atoms. The van der Waals surface area contributed by atoms with Crippen molar-refractivity contribution >= 4 is 22.9 Å². The molecule has 0 fully saturated rings. The molecule has 0 bridgehead atoms. The van der Waals surface area contributed by atoms with Crippen LogP contribution >= 0.6 is 0 Å². The van der Waals surface area contributed by atoms with E-state index in [9.17, 15) is 4.79 Å².